The fourth-order valence-electron chi connectivity index (χ4n) is 3.91. The van der Waals surface area contributed by atoms with Crippen LogP contribution in [0.4, 0.5) is 10.2 Å². The number of halogens is 1. The van der Waals surface area contributed by atoms with E-state index in [9.17, 15) is 14.0 Å². The number of nitrogen functional groups attached to an aromatic ring is 1. The molecule has 4 rings (SSSR count). The molecule has 1 fully saturated rings. The number of aromatic nitrogens is 4. The maximum atomic E-state index is 13.2. The zero-order valence-electron chi connectivity index (χ0n) is 18.4. The molecule has 1 aliphatic rings. The lowest BCUT2D eigenvalue weighted by Crippen LogP contribution is -2.42. The monoisotopic (exact) mass is 438 g/mol. The number of amides is 1. The van der Waals surface area contributed by atoms with E-state index in [1.54, 1.807) is 23.1 Å². The third-order valence-electron chi connectivity index (χ3n) is 5.83. The van der Waals surface area contributed by atoms with Gasteiger partial charge in [-0.2, -0.15) is 10.2 Å². The third-order valence-corrected chi connectivity index (χ3v) is 5.83. The standard InChI is InChI=1S/C23H27FN6O2/c1-23(2,3)19-11-18(27-28-19)22(32)29-10-4-5-14(13-29)20(31)17-12-26-30(21(17)25)16-8-6-15(24)7-9-16/h6-9,11-12,14H,4-5,10,13,25H2,1-3H3,(H,27,28)/t14-/m1/s1. The van der Waals surface area contributed by atoms with Gasteiger partial charge in [-0.1, -0.05) is 20.8 Å². The Kier molecular flexibility index (Phi) is 5.58. The molecule has 1 aromatic carbocycles. The van der Waals surface area contributed by atoms with Crippen molar-refractivity contribution in [1.29, 1.82) is 0 Å². The Hall–Kier alpha value is -3.49. The molecule has 0 unspecified atom stereocenters. The molecule has 168 valence electrons. The lowest BCUT2D eigenvalue weighted by atomic mass is 9.90. The highest BCUT2D eigenvalue weighted by Gasteiger charge is 2.32. The number of nitrogens with one attached hydrogen (secondary N) is 1. The van der Waals surface area contributed by atoms with Crippen LogP contribution in [0.15, 0.2) is 36.5 Å². The first-order chi connectivity index (χ1) is 15.1. The van der Waals surface area contributed by atoms with E-state index >= 15 is 0 Å². The summed E-state index contributed by atoms with van der Waals surface area (Å²) in [7, 11) is 0. The molecule has 0 spiro atoms. The molecule has 2 aromatic heterocycles. The van der Waals surface area contributed by atoms with Crippen molar-refractivity contribution in [1.82, 2.24) is 24.9 Å². The Morgan fingerprint density at radius 3 is 2.59 bits per heavy atom. The van der Waals surface area contributed by atoms with Gasteiger partial charge in [0, 0.05) is 30.1 Å². The van der Waals surface area contributed by atoms with Crippen molar-refractivity contribution in [2.75, 3.05) is 18.8 Å². The van der Waals surface area contributed by atoms with Crippen LogP contribution in [-0.2, 0) is 5.41 Å². The quantitative estimate of drug-likeness (QED) is 0.607. The number of Topliss-reactive ketones (excluding diaryl/α,β-unsaturated/α-hetero) is 1. The largest absolute Gasteiger partial charge is 0.383 e. The molecule has 0 aliphatic carbocycles. The zero-order valence-corrected chi connectivity index (χ0v) is 18.4. The third kappa shape index (κ3) is 4.15. The van der Waals surface area contributed by atoms with Crippen molar-refractivity contribution >= 4 is 17.5 Å². The number of carbonyl (C=O) groups excluding carboxylic acids is 2. The molecule has 3 N–H and O–H groups in total. The molecule has 1 aliphatic heterocycles. The minimum Gasteiger partial charge on any atom is -0.383 e. The number of aromatic amines is 1. The summed E-state index contributed by atoms with van der Waals surface area (Å²) in [5.74, 6) is -0.877. The van der Waals surface area contributed by atoms with Crippen molar-refractivity contribution in [3.05, 3.63) is 59.3 Å². The van der Waals surface area contributed by atoms with E-state index < -0.39 is 0 Å². The van der Waals surface area contributed by atoms with Crippen molar-refractivity contribution in [2.24, 2.45) is 5.92 Å². The first-order valence-electron chi connectivity index (χ1n) is 10.6. The molecule has 1 atom stereocenters. The van der Waals surface area contributed by atoms with Crippen LogP contribution >= 0.6 is 0 Å². The van der Waals surface area contributed by atoms with Gasteiger partial charge in [0.15, 0.2) is 5.78 Å². The molecular formula is C23H27FN6O2. The highest BCUT2D eigenvalue weighted by atomic mass is 19.1. The minimum absolute atomic E-state index is 0.145. The lowest BCUT2D eigenvalue weighted by molar-refractivity contribution is 0.0632. The highest BCUT2D eigenvalue weighted by molar-refractivity contribution is 6.02. The number of nitrogens with two attached hydrogens (primary N) is 1. The van der Waals surface area contributed by atoms with Gasteiger partial charge in [0.2, 0.25) is 0 Å². The molecule has 0 radical (unpaired) electrons. The van der Waals surface area contributed by atoms with Gasteiger partial charge in [-0.25, -0.2) is 9.07 Å². The van der Waals surface area contributed by atoms with Crippen LogP contribution in [-0.4, -0.2) is 49.7 Å². The molecule has 1 amide bonds. The second-order valence-corrected chi connectivity index (χ2v) is 9.20. The van der Waals surface area contributed by atoms with Crippen LogP contribution in [0.3, 0.4) is 0 Å². The summed E-state index contributed by atoms with van der Waals surface area (Å²) < 4.78 is 14.6. The summed E-state index contributed by atoms with van der Waals surface area (Å²) in [6, 6.07) is 7.48. The molecule has 1 saturated heterocycles. The average Bonchev–Trinajstić information content (AvgIpc) is 3.41. The van der Waals surface area contributed by atoms with E-state index in [0.29, 0.717) is 42.9 Å². The number of carbonyl (C=O) groups is 2. The average molecular weight is 439 g/mol. The number of rotatable bonds is 4. The number of hydrogen-bond acceptors (Lipinski definition) is 5. The number of anilines is 1. The second kappa shape index (κ2) is 8.22. The predicted octanol–water partition coefficient (Wildman–Crippen LogP) is 3.35. The number of piperidine rings is 1. The molecule has 0 saturated carbocycles. The molecule has 3 heterocycles. The van der Waals surface area contributed by atoms with Gasteiger partial charge in [-0.05, 0) is 43.2 Å². The first-order valence-corrected chi connectivity index (χ1v) is 10.6. The van der Waals surface area contributed by atoms with E-state index in [1.807, 2.05) is 20.8 Å². The van der Waals surface area contributed by atoms with E-state index in [-0.39, 0.29) is 34.7 Å². The van der Waals surface area contributed by atoms with E-state index in [4.69, 9.17) is 5.73 Å². The number of hydrogen-bond donors (Lipinski definition) is 2. The molecule has 0 bridgehead atoms. The van der Waals surface area contributed by atoms with E-state index in [0.717, 1.165) is 5.69 Å². The van der Waals surface area contributed by atoms with Gasteiger partial charge in [-0.3, -0.25) is 14.7 Å². The lowest BCUT2D eigenvalue weighted by Gasteiger charge is -2.31. The Morgan fingerprint density at radius 1 is 1.22 bits per heavy atom. The van der Waals surface area contributed by atoms with Gasteiger partial charge >= 0.3 is 0 Å². The SMILES string of the molecule is CC(C)(C)c1cc(C(=O)N2CCC[C@@H](C(=O)c3cnn(-c4ccc(F)cc4)c3N)C2)n[nH]1. The van der Waals surface area contributed by atoms with Crippen LogP contribution < -0.4 is 5.73 Å². The predicted molar refractivity (Wildman–Crippen MR) is 118 cm³/mol. The Balaban J connectivity index is 1.50. The van der Waals surface area contributed by atoms with E-state index in [1.165, 1.54) is 23.0 Å². The summed E-state index contributed by atoms with van der Waals surface area (Å²) >= 11 is 0. The maximum absolute atomic E-state index is 13.2. The van der Waals surface area contributed by atoms with Crippen molar-refractivity contribution < 1.29 is 14.0 Å². The molecular weight excluding hydrogens is 411 g/mol. The fraction of sp³-hybridized carbons (Fsp3) is 0.391. The van der Waals surface area contributed by atoms with Gasteiger partial charge in [0.05, 0.1) is 17.4 Å². The van der Waals surface area contributed by atoms with E-state index in [2.05, 4.69) is 15.3 Å². The fourth-order valence-corrected chi connectivity index (χ4v) is 3.91. The normalized spacial score (nSPS) is 16.9. The van der Waals surface area contributed by atoms with Gasteiger partial charge in [0.25, 0.3) is 5.91 Å². The van der Waals surface area contributed by atoms with Crippen LogP contribution in [0.1, 0.15) is 60.2 Å². The number of ketones is 1. The Bertz CT molecular complexity index is 1140. The van der Waals surface area contributed by atoms with Crippen molar-refractivity contribution in [3.63, 3.8) is 0 Å². The minimum atomic E-state index is -0.373. The number of H-pyrrole nitrogens is 1. The Morgan fingerprint density at radius 2 is 1.94 bits per heavy atom. The van der Waals surface area contributed by atoms with Crippen LogP contribution in [0.25, 0.3) is 5.69 Å². The van der Waals surface area contributed by atoms with Crippen LogP contribution in [0, 0.1) is 11.7 Å². The Labute approximate surface area is 185 Å². The summed E-state index contributed by atoms with van der Waals surface area (Å²) in [4.78, 5) is 27.9. The summed E-state index contributed by atoms with van der Waals surface area (Å²) in [6.07, 6.45) is 2.81. The van der Waals surface area contributed by atoms with Gasteiger partial charge in [0.1, 0.15) is 17.3 Å². The van der Waals surface area contributed by atoms with Gasteiger partial charge < -0.3 is 10.6 Å². The van der Waals surface area contributed by atoms with Crippen molar-refractivity contribution in [2.45, 2.75) is 39.0 Å². The highest BCUT2D eigenvalue weighted by Crippen LogP contribution is 2.27. The van der Waals surface area contributed by atoms with Crippen LogP contribution in [0.2, 0.25) is 0 Å². The zero-order chi connectivity index (χ0) is 23.0. The molecule has 32 heavy (non-hydrogen) atoms. The number of nitrogens with zero attached hydrogens (tertiary/aromatic N) is 4. The summed E-state index contributed by atoms with van der Waals surface area (Å²) in [5, 5.41) is 11.3. The van der Waals surface area contributed by atoms with Gasteiger partial charge in [-0.15, -0.1) is 0 Å². The molecule has 9 heteroatoms. The summed E-state index contributed by atoms with van der Waals surface area (Å²) in [5.41, 5.74) is 8.17. The second-order valence-electron chi connectivity index (χ2n) is 9.20. The smallest absolute Gasteiger partial charge is 0.274 e. The number of benzene rings is 1. The molecule has 3 aromatic rings. The topological polar surface area (TPSA) is 110 Å². The van der Waals surface area contributed by atoms with Crippen LogP contribution in [0.5, 0.6) is 0 Å². The molecule has 8 nitrogen and oxygen atoms in total. The summed E-state index contributed by atoms with van der Waals surface area (Å²) in [6.45, 7) is 7.00. The maximum Gasteiger partial charge on any atom is 0.274 e. The number of likely N-dealkylation sites (tertiary alicyclic amines) is 1. The first kappa shape index (κ1) is 21.7. The van der Waals surface area contributed by atoms with Crippen molar-refractivity contribution in [3.8, 4) is 5.69 Å².